The van der Waals surface area contributed by atoms with E-state index in [0.29, 0.717) is 37.8 Å². The van der Waals surface area contributed by atoms with Crippen LogP contribution in [0.2, 0.25) is 0 Å². The van der Waals surface area contributed by atoms with E-state index in [1.807, 2.05) is 16.7 Å². The number of rotatable bonds is 2. The Labute approximate surface area is 132 Å². The third-order valence-corrected chi connectivity index (χ3v) is 3.87. The van der Waals surface area contributed by atoms with Crippen molar-refractivity contribution >= 4 is 11.6 Å². The van der Waals surface area contributed by atoms with Gasteiger partial charge in [-0.05, 0) is 30.7 Å². The number of benzene rings is 1. The van der Waals surface area contributed by atoms with Crippen molar-refractivity contribution in [1.29, 1.82) is 0 Å². The van der Waals surface area contributed by atoms with Crippen molar-refractivity contribution in [3.63, 3.8) is 0 Å². The second-order valence-electron chi connectivity index (χ2n) is 5.58. The zero-order valence-corrected chi connectivity index (χ0v) is 12.7. The molecular formula is C16H17F3N4. The van der Waals surface area contributed by atoms with Crippen LogP contribution in [-0.4, -0.2) is 36.1 Å². The molecule has 7 heteroatoms. The van der Waals surface area contributed by atoms with Crippen LogP contribution < -0.4 is 9.80 Å². The molecule has 0 unspecified atom stereocenters. The van der Waals surface area contributed by atoms with Gasteiger partial charge in [0.05, 0.1) is 5.56 Å². The number of piperazine rings is 1. The molecule has 0 bridgehead atoms. The van der Waals surface area contributed by atoms with Crippen LogP contribution >= 0.6 is 0 Å². The van der Waals surface area contributed by atoms with Gasteiger partial charge in [0, 0.05) is 44.3 Å². The molecule has 23 heavy (non-hydrogen) atoms. The maximum absolute atomic E-state index is 12.8. The van der Waals surface area contributed by atoms with Gasteiger partial charge < -0.3 is 9.80 Å². The van der Waals surface area contributed by atoms with Gasteiger partial charge in [-0.15, -0.1) is 0 Å². The topological polar surface area (TPSA) is 32.3 Å². The van der Waals surface area contributed by atoms with Crippen LogP contribution in [0.25, 0.3) is 0 Å². The van der Waals surface area contributed by atoms with Crippen molar-refractivity contribution < 1.29 is 13.2 Å². The standard InChI is InChI=1S/C16H17F3N4/c1-12-10-20-15(21-11-12)23-7-5-22(6-8-23)14-4-2-3-13(9-14)16(17,18)19/h2-4,9-11H,5-8H2,1H3. The molecule has 0 aliphatic carbocycles. The molecule has 0 spiro atoms. The molecule has 1 aromatic heterocycles. The average molecular weight is 322 g/mol. The largest absolute Gasteiger partial charge is 0.416 e. The number of anilines is 2. The van der Waals surface area contributed by atoms with E-state index in [-0.39, 0.29) is 0 Å². The van der Waals surface area contributed by atoms with Gasteiger partial charge in [-0.3, -0.25) is 0 Å². The maximum Gasteiger partial charge on any atom is 0.416 e. The minimum Gasteiger partial charge on any atom is -0.368 e. The first kappa shape index (κ1) is 15.6. The summed E-state index contributed by atoms with van der Waals surface area (Å²) in [5, 5.41) is 0. The summed E-state index contributed by atoms with van der Waals surface area (Å²) >= 11 is 0. The molecule has 122 valence electrons. The van der Waals surface area contributed by atoms with Crippen LogP contribution in [0.3, 0.4) is 0 Å². The number of aryl methyl sites for hydroxylation is 1. The van der Waals surface area contributed by atoms with E-state index in [1.165, 1.54) is 12.1 Å². The summed E-state index contributed by atoms with van der Waals surface area (Å²) in [7, 11) is 0. The average Bonchev–Trinajstić information content (AvgIpc) is 2.55. The van der Waals surface area contributed by atoms with Crippen LogP contribution in [0.4, 0.5) is 24.8 Å². The molecule has 1 fully saturated rings. The summed E-state index contributed by atoms with van der Waals surface area (Å²) in [6, 6.07) is 5.47. The van der Waals surface area contributed by atoms with Gasteiger partial charge in [0.15, 0.2) is 0 Å². The van der Waals surface area contributed by atoms with E-state index in [4.69, 9.17) is 0 Å². The number of nitrogens with zero attached hydrogens (tertiary/aromatic N) is 4. The molecule has 4 nitrogen and oxygen atoms in total. The molecule has 0 saturated carbocycles. The SMILES string of the molecule is Cc1cnc(N2CCN(c3cccc(C(F)(F)F)c3)CC2)nc1. The number of hydrogen-bond acceptors (Lipinski definition) is 4. The Hall–Kier alpha value is -2.31. The monoisotopic (exact) mass is 322 g/mol. The van der Waals surface area contributed by atoms with Crippen molar-refractivity contribution in [3.8, 4) is 0 Å². The Morgan fingerprint density at radius 1 is 0.957 bits per heavy atom. The van der Waals surface area contributed by atoms with Crippen molar-refractivity contribution in [2.75, 3.05) is 36.0 Å². The maximum atomic E-state index is 12.8. The highest BCUT2D eigenvalue weighted by atomic mass is 19.4. The third kappa shape index (κ3) is 3.55. The quantitative estimate of drug-likeness (QED) is 0.850. The summed E-state index contributed by atoms with van der Waals surface area (Å²) in [6.45, 7) is 4.56. The zero-order valence-electron chi connectivity index (χ0n) is 12.7. The van der Waals surface area contributed by atoms with E-state index in [1.54, 1.807) is 18.5 Å². The lowest BCUT2D eigenvalue weighted by Crippen LogP contribution is -2.47. The normalized spacial score (nSPS) is 15.8. The number of alkyl halides is 3. The predicted molar refractivity (Wildman–Crippen MR) is 82.6 cm³/mol. The molecule has 1 aromatic carbocycles. The summed E-state index contributed by atoms with van der Waals surface area (Å²) in [6.07, 6.45) is -0.781. The van der Waals surface area contributed by atoms with Crippen LogP contribution in [-0.2, 0) is 6.18 Å². The van der Waals surface area contributed by atoms with Gasteiger partial charge in [-0.1, -0.05) is 6.07 Å². The van der Waals surface area contributed by atoms with Crippen LogP contribution in [0.15, 0.2) is 36.7 Å². The van der Waals surface area contributed by atoms with E-state index in [0.717, 1.165) is 11.6 Å². The van der Waals surface area contributed by atoms with Crippen molar-refractivity contribution in [1.82, 2.24) is 9.97 Å². The molecule has 0 atom stereocenters. The van der Waals surface area contributed by atoms with E-state index in [2.05, 4.69) is 9.97 Å². The molecule has 2 heterocycles. The Kier molecular flexibility index (Phi) is 4.11. The second-order valence-corrected chi connectivity index (χ2v) is 5.58. The summed E-state index contributed by atoms with van der Waals surface area (Å²) in [5.74, 6) is 0.666. The summed E-state index contributed by atoms with van der Waals surface area (Å²) in [5.41, 5.74) is 0.986. The lowest BCUT2D eigenvalue weighted by molar-refractivity contribution is -0.137. The van der Waals surface area contributed by atoms with E-state index in [9.17, 15) is 13.2 Å². The minimum absolute atomic E-state index is 0.601. The number of halogens is 3. The Morgan fingerprint density at radius 3 is 2.17 bits per heavy atom. The summed E-state index contributed by atoms with van der Waals surface area (Å²) < 4.78 is 38.4. The minimum atomic E-state index is -4.31. The highest BCUT2D eigenvalue weighted by Gasteiger charge is 2.31. The molecule has 0 amide bonds. The molecule has 0 N–H and O–H groups in total. The van der Waals surface area contributed by atoms with Crippen LogP contribution in [0.5, 0.6) is 0 Å². The van der Waals surface area contributed by atoms with Gasteiger partial charge in [0.1, 0.15) is 0 Å². The molecule has 1 saturated heterocycles. The van der Waals surface area contributed by atoms with Crippen molar-refractivity contribution in [3.05, 3.63) is 47.8 Å². The Balaban J connectivity index is 1.68. The van der Waals surface area contributed by atoms with Crippen molar-refractivity contribution in [2.45, 2.75) is 13.1 Å². The van der Waals surface area contributed by atoms with Crippen LogP contribution in [0, 0.1) is 6.92 Å². The Bertz CT molecular complexity index is 662. The van der Waals surface area contributed by atoms with Crippen molar-refractivity contribution in [2.24, 2.45) is 0 Å². The first-order valence-electron chi connectivity index (χ1n) is 7.39. The summed E-state index contributed by atoms with van der Waals surface area (Å²) in [4.78, 5) is 12.6. The fourth-order valence-electron chi connectivity index (χ4n) is 2.59. The highest BCUT2D eigenvalue weighted by molar-refractivity contribution is 5.51. The molecular weight excluding hydrogens is 305 g/mol. The van der Waals surface area contributed by atoms with E-state index >= 15 is 0 Å². The number of hydrogen-bond donors (Lipinski definition) is 0. The third-order valence-electron chi connectivity index (χ3n) is 3.87. The first-order valence-corrected chi connectivity index (χ1v) is 7.39. The van der Waals surface area contributed by atoms with Gasteiger partial charge >= 0.3 is 6.18 Å². The first-order chi connectivity index (χ1) is 10.9. The van der Waals surface area contributed by atoms with Crippen LogP contribution in [0.1, 0.15) is 11.1 Å². The lowest BCUT2D eigenvalue weighted by atomic mass is 10.1. The van der Waals surface area contributed by atoms with Gasteiger partial charge in [-0.25, -0.2) is 9.97 Å². The van der Waals surface area contributed by atoms with Gasteiger partial charge in [0.25, 0.3) is 0 Å². The molecule has 1 aliphatic rings. The fourth-order valence-corrected chi connectivity index (χ4v) is 2.59. The lowest BCUT2D eigenvalue weighted by Gasteiger charge is -2.36. The smallest absolute Gasteiger partial charge is 0.368 e. The highest BCUT2D eigenvalue weighted by Crippen LogP contribution is 2.32. The van der Waals surface area contributed by atoms with Gasteiger partial charge in [0.2, 0.25) is 5.95 Å². The predicted octanol–water partition coefficient (Wildman–Crippen LogP) is 3.13. The zero-order chi connectivity index (χ0) is 16.4. The van der Waals surface area contributed by atoms with Gasteiger partial charge in [-0.2, -0.15) is 13.2 Å². The molecule has 2 aromatic rings. The molecule has 3 rings (SSSR count). The number of aromatic nitrogens is 2. The fraction of sp³-hybridized carbons (Fsp3) is 0.375. The molecule has 1 aliphatic heterocycles. The van der Waals surface area contributed by atoms with E-state index < -0.39 is 11.7 Å². The molecule has 0 radical (unpaired) electrons. The second kappa shape index (κ2) is 6.06. The Morgan fingerprint density at radius 2 is 1.57 bits per heavy atom.